The van der Waals surface area contributed by atoms with E-state index in [2.05, 4.69) is 15.9 Å². The number of benzene rings is 1. The van der Waals surface area contributed by atoms with Gasteiger partial charge in [0.15, 0.2) is 0 Å². The minimum absolute atomic E-state index is 0.240. The van der Waals surface area contributed by atoms with Crippen molar-refractivity contribution in [2.75, 3.05) is 26.8 Å². The second kappa shape index (κ2) is 7.81. The molecule has 0 saturated carbocycles. The summed E-state index contributed by atoms with van der Waals surface area (Å²) in [5.74, 6) is -1.36. The zero-order valence-corrected chi connectivity index (χ0v) is 14.0. The highest BCUT2D eigenvalue weighted by Crippen LogP contribution is 2.20. The number of hydrogen-bond acceptors (Lipinski definition) is 3. The lowest BCUT2D eigenvalue weighted by Crippen LogP contribution is -2.38. The number of amides is 1. The van der Waals surface area contributed by atoms with E-state index in [-0.39, 0.29) is 19.0 Å². The van der Waals surface area contributed by atoms with Crippen molar-refractivity contribution < 1.29 is 19.4 Å². The van der Waals surface area contributed by atoms with Crippen LogP contribution in [-0.2, 0) is 9.53 Å². The Morgan fingerprint density at radius 1 is 1.47 bits per heavy atom. The topological polar surface area (TPSA) is 66.8 Å². The van der Waals surface area contributed by atoms with Crippen LogP contribution in [0.4, 0.5) is 0 Å². The number of carboxylic acid groups (broad SMARTS) is 1. The van der Waals surface area contributed by atoms with E-state index in [9.17, 15) is 9.59 Å². The molecule has 0 heterocycles. The third-order valence-corrected chi connectivity index (χ3v) is 3.77. The number of methoxy groups -OCH3 is 1. The van der Waals surface area contributed by atoms with Crippen molar-refractivity contribution in [1.29, 1.82) is 0 Å². The summed E-state index contributed by atoms with van der Waals surface area (Å²) in [7, 11) is 1.51. The number of nitrogens with zero attached hydrogens (tertiary/aromatic N) is 1. The van der Waals surface area contributed by atoms with E-state index in [4.69, 9.17) is 9.84 Å². The van der Waals surface area contributed by atoms with Crippen molar-refractivity contribution in [3.8, 4) is 0 Å². The molecule has 1 N–H and O–H groups in total. The molecule has 104 valence electrons. The molecule has 1 amide bonds. The van der Waals surface area contributed by atoms with Gasteiger partial charge in [-0.15, -0.1) is 0 Å². The average molecular weight is 442 g/mol. The van der Waals surface area contributed by atoms with E-state index >= 15 is 0 Å². The number of halogens is 2. The van der Waals surface area contributed by atoms with Crippen LogP contribution in [0.25, 0.3) is 0 Å². The van der Waals surface area contributed by atoms with Gasteiger partial charge >= 0.3 is 5.97 Å². The molecule has 0 atom stereocenters. The van der Waals surface area contributed by atoms with Crippen molar-refractivity contribution in [2.45, 2.75) is 0 Å². The van der Waals surface area contributed by atoms with Gasteiger partial charge in [-0.25, -0.2) is 0 Å². The summed E-state index contributed by atoms with van der Waals surface area (Å²) in [6, 6.07) is 5.31. The molecule has 0 aliphatic carbocycles. The van der Waals surface area contributed by atoms with Gasteiger partial charge in [0.25, 0.3) is 5.91 Å². The summed E-state index contributed by atoms with van der Waals surface area (Å²) in [6.07, 6.45) is 0. The van der Waals surface area contributed by atoms with Crippen LogP contribution in [0.15, 0.2) is 22.7 Å². The molecule has 0 bridgehead atoms. The summed E-state index contributed by atoms with van der Waals surface area (Å²) in [5.41, 5.74) is 0.479. The molecule has 0 aromatic heterocycles. The first-order chi connectivity index (χ1) is 8.95. The van der Waals surface area contributed by atoms with Crippen LogP contribution in [0, 0.1) is 3.57 Å². The quantitative estimate of drug-likeness (QED) is 0.687. The molecule has 0 saturated heterocycles. The lowest BCUT2D eigenvalue weighted by atomic mass is 10.2. The average Bonchev–Trinajstić information content (AvgIpc) is 2.36. The maximum absolute atomic E-state index is 12.3. The largest absolute Gasteiger partial charge is 0.480 e. The lowest BCUT2D eigenvalue weighted by Gasteiger charge is -2.21. The van der Waals surface area contributed by atoms with Gasteiger partial charge in [0, 0.05) is 21.7 Å². The van der Waals surface area contributed by atoms with Gasteiger partial charge in [0.1, 0.15) is 6.54 Å². The van der Waals surface area contributed by atoms with Crippen molar-refractivity contribution in [1.82, 2.24) is 4.90 Å². The lowest BCUT2D eigenvalue weighted by molar-refractivity contribution is -0.137. The third-order valence-electron chi connectivity index (χ3n) is 2.34. The van der Waals surface area contributed by atoms with Crippen LogP contribution in [0.5, 0.6) is 0 Å². The Morgan fingerprint density at radius 3 is 2.74 bits per heavy atom. The molecule has 1 aromatic carbocycles. The smallest absolute Gasteiger partial charge is 0.323 e. The highest BCUT2D eigenvalue weighted by molar-refractivity contribution is 14.1. The van der Waals surface area contributed by atoms with Crippen molar-refractivity contribution in [2.24, 2.45) is 0 Å². The van der Waals surface area contributed by atoms with Gasteiger partial charge in [0.2, 0.25) is 0 Å². The van der Waals surface area contributed by atoms with Crippen LogP contribution < -0.4 is 0 Å². The molecule has 0 aliphatic heterocycles. The Morgan fingerprint density at radius 2 is 2.16 bits per heavy atom. The predicted molar refractivity (Wildman–Crippen MR) is 82.3 cm³/mol. The zero-order valence-electron chi connectivity index (χ0n) is 10.2. The van der Waals surface area contributed by atoms with Gasteiger partial charge in [-0.05, 0) is 40.8 Å². The second-order valence-electron chi connectivity index (χ2n) is 3.74. The Bertz CT molecular complexity index is 481. The van der Waals surface area contributed by atoms with Gasteiger partial charge < -0.3 is 14.7 Å². The number of carboxylic acids is 1. The molecule has 0 radical (unpaired) electrons. The zero-order chi connectivity index (χ0) is 14.4. The van der Waals surface area contributed by atoms with E-state index in [0.717, 1.165) is 8.04 Å². The SMILES string of the molecule is COCCN(CC(=O)O)C(=O)c1cc(Br)ccc1I. The van der Waals surface area contributed by atoms with Gasteiger partial charge in [0.05, 0.1) is 12.2 Å². The molecule has 19 heavy (non-hydrogen) atoms. The summed E-state index contributed by atoms with van der Waals surface area (Å²) in [4.78, 5) is 24.4. The van der Waals surface area contributed by atoms with Crippen molar-refractivity contribution in [3.05, 3.63) is 31.8 Å². The van der Waals surface area contributed by atoms with Gasteiger partial charge in [-0.3, -0.25) is 9.59 Å². The van der Waals surface area contributed by atoms with Crippen LogP contribution in [0.2, 0.25) is 0 Å². The molecular formula is C12H13BrINO4. The number of carbonyl (C=O) groups excluding carboxylic acids is 1. The standard InChI is InChI=1S/C12H13BrINO4/c1-19-5-4-15(7-11(16)17)12(18)9-6-8(13)2-3-10(9)14/h2-3,6H,4-5,7H2,1H3,(H,16,17). The van der Waals surface area contributed by atoms with Crippen molar-refractivity contribution in [3.63, 3.8) is 0 Å². The Hall–Kier alpha value is -0.670. The number of aliphatic carboxylic acids is 1. The highest BCUT2D eigenvalue weighted by Gasteiger charge is 2.20. The Labute approximate surface area is 133 Å². The van der Waals surface area contributed by atoms with Gasteiger partial charge in [-0.2, -0.15) is 0 Å². The second-order valence-corrected chi connectivity index (χ2v) is 5.82. The first kappa shape index (κ1) is 16.4. The molecule has 0 fully saturated rings. The third kappa shape index (κ3) is 5.07. The number of hydrogen-bond donors (Lipinski definition) is 1. The fraction of sp³-hybridized carbons (Fsp3) is 0.333. The molecule has 1 aromatic rings. The van der Waals surface area contributed by atoms with E-state index < -0.39 is 5.97 Å². The normalized spacial score (nSPS) is 10.3. The van der Waals surface area contributed by atoms with Crippen molar-refractivity contribution >= 4 is 50.4 Å². The maximum Gasteiger partial charge on any atom is 0.323 e. The first-order valence-corrected chi connectivity index (χ1v) is 7.28. The maximum atomic E-state index is 12.3. The molecule has 1 rings (SSSR count). The fourth-order valence-corrected chi connectivity index (χ4v) is 2.38. The summed E-state index contributed by atoms with van der Waals surface area (Å²) in [5, 5.41) is 8.86. The molecule has 0 spiro atoms. The Balaban J connectivity index is 2.97. The van der Waals surface area contributed by atoms with E-state index in [0.29, 0.717) is 12.2 Å². The highest BCUT2D eigenvalue weighted by atomic mass is 127. The minimum atomic E-state index is -1.05. The van der Waals surface area contributed by atoms with E-state index in [1.807, 2.05) is 28.7 Å². The molecule has 5 nitrogen and oxygen atoms in total. The fourth-order valence-electron chi connectivity index (χ4n) is 1.45. The van der Waals surface area contributed by atoms with E-state index in [1.165, 1.54) is 12.0 Å². The molecule has 7 heteroatoms. The molecular weight excluding hydrogens is 429 g/mol. The molecule has 0 aliphatic rings. The first-order valence-electron chi connectivity index (χ1n) is 5.40. The Kier molecular flexibility index (Phi) is 6.73. The number of rotatable bonds is 6. The van der Waals surface area contributed by atoms with Crippen LogP contribution >= 0.6 is 38.5 Å². The summed E-state index contributed by atoms with van der Waals surface area (Å²) < 4.78 is 6.45. The monoisotopic (exact) mass is 441 g/mol. The van der Waals surface area contributed by atoms with Gasteiger partial charge in [-0.1, -0.05) is 15.9 Å². The predicted octanol–water partition coefficient (Wildman–Crippen LogP) is 2.23. The minimum Gasteiger partial charge on any atom is -0.480 e. The van der Waals surface area contributed by atoms with Crippen LogP contribution in [0.1, 0.15) is 10.4 Å². The van der Waals surface area contributed by atoms with E-state index in [1.54, 1.807) is 12.1 Å². The summed E-state index contributed by atoms with van der Waals surface area (Å²) >= 11 is 5.35. The van der Waals surface area contributed by atoms with Crippen LogP contribution in [-0.4, -0.2) is 48.7 Å². The summed E-state index contributed by atoms with van der Waals surface area (Å²) in [6.45, 7) is 0.193. The van der Waals surface area contributed by atoms with Crippen LogP contribution in [0.3, 0.4) is 0 Å². The molecule has 0 unspecified atom stereocenters. The number of ether oxygens (including phenoxy) is 1. The number of carbonyl (C=O) groups is 2.